The van der Waals surface area contributed by atoms with Crippen molar-refractivity contribution in [3.05, 3.63) is 0 Å². The van der Waals surface area contributed by atoms with Crippen LogP contribution in [-0.2, 0) is 19.1 Å². The first-order valence-electron chi connectivity index (χ1n) is 6.81. The maximum Gasteiger partial charge on any atom is 0.312 e. The lowest BCUT2D eigenvalue weighted by atomic mass is 9.78. The zero-order valence-corrected chi connectivity index (χ0v) is 12.8. The Morgan fingerprint density at radius 2 is 1.55 bits per heavy atom. The smallest absolute Gasteiger partial charge is 0.312 e. The Balaban J connectivity index is 5.08. The van der Waals surface area contributed by atoms with Crippen LogP contribution < -0.4 is 0 Å². The molecule has 0 radical (unpaired) electrons. The maximum atomic E-state index is 12.1. The Kier molecular flexibility index (Phi) is 7.75. The lowest BCUT2D eigenvalue weighted by Crippen LogP contribution is -2.39. The largest absolute Gasteiger partial charge is 0.466 e. The highest BCUT2D eigenvalue weighted by atomic mass is 16.6. The molecule has 0 bridgehead atoms. The van der Waals surface area contributed by atoms with Gasteiger partial charge in [-0.05, 0) is 40.5 Å². The second-order valence-corrected chi connectivity index (χ2v) is 5.71. The van der Waals surface area contributed by atoms with Crippen molar-refractivity contribution in [2.24, 2.45) is 5.41 Å². The Morgan fingerprint density at radius 1 is 1.05 bits per heavy atom. The second kappa shape index (κ2) is 8.21. The van der Waals surface area contributed by atoms with E-state index in [1.54, 1.807) is 27.7 Å². The molecule has 0 rings (SSSR count). The summed E-state index contributed by atoms with van der Waals surface area (Å²) >= 11 is 0. The summed E-state index contributed by atoms with van der Waals surface area (Å²) in [6, 6.07) is 0. The first-order valence-corrected chi connectivity index (χ1v) is 6.81. The molecule has 0 amide bonds. The van der Waals surface area contributed by atoms with Crippen LogP contribution in [0.3, 0.4) is 0 Å². The molecule has 0 aromatic heterocycles. The van der Waals surface area contributed by atoms with Gasteiger partial charge < -0.3 is 19.7 Å². The summed E-state index contributed by atoms with van der Waals surface area (Å²) in [4.78, 5) is 24.0. The predicted molar refractivity (Wildman–Crippen MR) is 72.9 cm³/mol. The summed E-state index contributed by atoms with van der Waals surface area (Å²) in [6.45, 7) is 6.47. The fourth-order valence-electron chi connectivity index (χ4n) is 1.94. The number of rotatable bonds is 8. The molecule has 0 fully saturated rings. The molecule has 0 aliphatic rings. The standard InChI is InChI=1S/C14H26O6/c1-5-19-12(18)14(6-8-15,7-9-16)10-11(17)20-13(2,3)4/h15-16H,5-10H2,1-4H3. The molecule has 0 aromatic carbocycles. The van der Waals surface area contributed by atoms with Gasteiger partial charge in [0, 0.05) is 13.2 Å². The number of hydrogen-bond donors (Lipinski definition) is 2. The van der Waals surface area contributed by atoms with Crippen LogP contribution in [0, 0.1) is 5.41 Å². The zero-order valence-electron chi connectivity index (χ0n) is 12.8. The molecule has 2 N–H and O–H groups in total. The van der Waals surface area contributed by atoms with Crippen LogP contribution in [0.5, 0.6) is 0 Å². The number of ether oxygens (including phenoxy) is 2. The highest BCUT2D eigenvalue weighted by Crippen LogP contribution is 2.33. The average Bonchev–Trinajstić information content (AvgIpc) is 2.26. The van der Waals surface area contributed by atoms with E-state index in [0.29, 0.717) is 0 Å². The predicted octanol–water partition coefficient (Wildman–Crippen LogP) is 1.03. The molecule has 0 atom stereocenters. The van der Waals surface area contributed by atoms with Crippen LogP contribution in [0.4, 0.5) is 0 Å². The number of esters is 2. The van der Waals surface area contributed by atoms with E-state index < -0.39 is 23.0 Å². The minimum absolute atomic E-state index is 0.0473. The zero-order chi connectivity index (χ0) is 15.8. The van der Waals surface area contributed by atoms with Gasteiger partial charge in [0.1, 0.15) is 5.60 Å². The van der Waals surface area contributed by atoms with Crippen LogP contribution in [-0.4, -0.2) is 47.6 Å². The van der Waals surface area contributed by atoms with Gasteiger partial charge in [0.2, 0.25) is 0 Å². The Bertz CT molecular complexity index is 312. The van der Waals surface area contributed by atoms with Crippen LogP contribution in [0.15, 0.2) is 0 Å². The van der Waals surface area contributed by atoms with Crippen molar-refractivity contribution in [2.75, 3.05) is 19.8 Å². The first-order chi connectivity index (χ1) is 9.20. The SMILES string of the molecule is CCOC(=O)C(CCO)(CCO)CC(=O)OC(C)(C)C. The van der Waals surface area contributed by atoms with Gasteiger partial charge in [0.05, 0.1) is 18.4 Å². The van der Waals surface area contributed by atoms with E-state index in [2.05, 4.69) is 0 Å². The molecule has 118 valence electrons. The van der Waals surface area contributed by atoms with Gasteiger partial charge in [0.15, 0.2) is 0 Å². The van der Waals surface area contributed by atoms with Crippen molar-refractivity contribution >= 4 is 11.9 Å². The van der Waals surface area contributed by atoms with E-state index in [1.165, 1.54) is 0 Å². The van der Waals surface area contributed by atoms with Gasteiger partial charge in [-0.1, -0.05) is 0 Å². The van der Waals surface area contributed by atoms with Gasteiger partial charge in [-0.25, -0.2) is 0 Å². The van der Waals surface area contributed by atoms with E-state index in [-0.39, 0.29) is 39.1 Å². The van der Waals surface area contributed by atoms with E-state index in [1.807, 2.05) is 0 Å². The summed E-state index contributed by atoms with van der Waals surface area (Å²) in [5.74, 6) is -1.14. The molecular formula is C14H26O6. The number of aliphatic hydroxyl groups excluding tert-OH is 2. The van der Waals surface area contributed by atoms with E-state index >= 15 is 0 Å². The van der Waals surface area contributed by atoms with Gasteiger partial charge >= 0.3 is 11.9 Å². The number of carbonyl (C=O) groups excluding carboxylic acids is 2. The Labute approximate surface area is 120 Å². The van der Waals surface area contributed by atoms with Crippen LogP contribution >= 0.6 is 0 Å². The van der Waals surface area contributed by atoms with Crippen molar-refractivity contribution in [3.63, 3.8) is 0 Å². The highest BCUT2D eigenvalue weighted by Gasteiger charge is 2.42. The summed E-state index contributed by atoms with van der Waals surface area (Å²) in [5.41, 5.74) is -1.89. The van der Waals surface area contributed by atoms with E-state index in [4.69, 9.17) is 19.7 Å². The van der Waals surface area contributed by atoms with Crippen LogP contribution in [0.25, 0.3) is 0 Å². The Hall–Kier alpha value is -1.14. The molecule has 0 aliphatic heterocycles. The molecule has 0 spiro atoms. The fraction of sp³-hybridized carbons (Fsp3) is 0.857. The molecule has 0 aromatic rings. The topological polar surface area (TPSA) is 93.1 Å². The van der Waals surface area contributed by atoms with E-state index in [9.17, 15) is 9.59 Å². The fourth-order valence-corrected chi connectivity index (χ4v) is 1.94. The van der Waals surface area contributed by atoms with Crippen LogP contribution in [0.1, 0.15) is 47.0 Å². The van der Waals surface area contributed by atoms with Gasteiger partial charge in [-0.2, -0.15) is 0 Å². The third-order valence-corrected chi connectivity index (χ3v) is 2.79. The molecule has 0 aliphatic carbocycles. The van der Waals surface area contributed by atoms with Crippen molar-refractivity contribution in [1.82, 2.24) is 0 Å². The molecule has 0 saturated heterocycles. The number of aliphatic hydroxyl groups is 2. The molecule has 0 heterocycles. The van der Waals surface area contributed by atoms with Gasteiger partial charge in [-0.15, -0.1) is 0 Å². The summed E-state index contributed by atoms with van der Waals surface area (Å²) < 4.78 is 10.2. The lowest BCUT2D eigenvalue weighted by Gasteiger charge is -2.30. The molecule has 0 saturated carbocycles. The first kappa shape index (κ1) is 18.9. The summed E-state index contributed by atoms with van der Waals surface area (Å²) in [7, 11) is 0. The second-order valence-electron chi connectivity index (χ2n) is 5.71. The minimum Gasteiger partial charge on any atom is -0.466 e. The molecule has 6 nitrogen and oxygen atoms in total. The summed E-state index contributed by atoms with van der Waals surface area (Å²) in [6.07, 6.45) is -0.124. The summed E-state index contributed by atoms with van der Waals surface area (Å²) in [5, 5.41) is 18.3. The number of carbonyl (C=O) groups is 2. The minimum atomic E-state index is -1.23. The van der Waals surface area contributed by atoms with Crippen molar-refractivity contribution in [2.45, 2.75) is 52.6 Å². The molecule has 0 unspecified atom stereocenters. The van der Waals surface area contributed by atoms with Crippen molar-refractivity contribution in [3.8, 4) is 0 Å². The van der Waals surface area contributed by atoms with Crippen LogP contribution in [0.2, 0.25) is 0 Å². The number of hydrogen-bond acceptors (Lipinski definition) is 6. The van der Waals surface area contributed by atoms with Crippen molar-refractivity contribution in [1.29, 1.82) is 0 Å². The quantitative estimate of drug-likeness (QED) is 0.649. The molecular weight excluding hydrogens is 264 g/mol. The van der Waals surface area contributed by atoms with Crippen molar-refractivity contribution < 1.29 is 29.3 Å². The van der Waals surface area contributed by atoms with Gasteiger partial charge in [0.25, 0.3) is 0 Å². The van der Waals surface area contributed by atoms with E-state index in [0.717, 1.165) is 0 Å². The van der Waals surface area contributed by atoms with Gasteiger partial charge in [-0.3, -0.25) is 9.59 Å². The Morgan fingerprint density at radius 3 is 1.90 bits per heavy atom. The monoisotopic (exact) mass is 290 g/mol. The third-order valence-electron chi connectivity index (χ3n) is 2.79. The third kappa shape index (κ3) is 6.34. The normalized spacial score (nSPS) is 12.1. The maximum absolute atomic E-state index is 12.1. The lowest BCUT2D eigenvalue weighted by molar-refractivity contribution is -0.169. The molecule has 6 heteroatoms. The average molecular weight is 290 g/mol. The molecule has 20 heavy (non-hydrogen) atoms. The highest BCUT2D eigenvalue weighted by molar-refractivity contribution is 5.83.